The molecule has 0 spiro atoms. The second-order valence-corrected chi connectivity index (χ2v) is 8.88. The lowest BCUT2D eigenvalue weighted by Crippen LogP contribution is -2.26. The minimum atomic E-state index is 0.0121. The topological polar surface area (TPSA) is 33.0 Å². The summed E-state index contributed by atoms with van der Waals surface area (Å²) < 4.78 is 5.89. The van der Waals surface area contributed by atoms with Crippen molar-refractivity contribution in [3.63, 3.8) is 0 Å². The third kappa shape index (κ3) is 7.50. The molecular weight excluding hydrogens is 342 g/mol. The van der Waals surface area contributed by atoms with E-state index in [1.807, 2.05) is 0 Å². The van der Waals surface area contributed by atoms with Crippen molar-refractivity contribution in [1.29, 1.82) is 5.26 Å². The van der Waals surface area contributed by atoms with E-state index < -0.39 is 0 Å². The van der Waals surface area contributed by atoms with Gasteiger partial charge in [0, 0.05) is 0 Å². The van der Waals surface area contributed by atoms with Gasteiger partial charge >= 0.3 is 0 Å². The molecule has 1 saturated carbocycles. The van der Waals surface area contributed by atoms with Crippen LogP contribution in [0.1, 0.15) is 115 Å². The van der Waals surface area contributed by atoms with Crippen molar-refractivity contribution in [2.24, 2.45) is 5.41 Å². The number of unbranched alkanes of at least 4 members (excludes halogenated alkanes) is 5. The van der Waals surface area contributed by atoms with Gasteiger partial charge in [-0.1, -0.05) is 83.8 Å². The zero-order chi connectivity index (χ0) is 20.1. The van der Waals surface area contributed by atoms with Crippen molar-refractivity contribution in [3.8, 4) is 11.8 Å². The zero-order valence-electron chi connectivity index (χ0n) is 18.3. The molecule has 1 unspecified atom stereocenters. The first kappa shape index (κ1) is 22.8. The predicted octanol–water partition coefficient (Wildman–Crippen LogP) is 8.17. The Morgan fingerprint density at radius 1 is 0.929 bits per heavy atom. The summed E-state index contributed by atoms with van der Waals surface area (Å²) in [7, 11) is 0. The predicted molar refractivity (Wildman–Crippen MR) is 119 cm³/mol. The van der Waals surface area contributed by atoms with E-state index in [9.17, 15) is 5.26 Å². The molecule has 0 N–H and O–H groups in total. The normalized spacial score (nSPS) is 17.0. The molecule has 0 saturated heterocycles. The van der Waals surface area contributed by atoms with E-state index in [0.29, 0.717) is 5.41 Å². The van der Waals surface area contributed by atoms with Crippen LogP contribution in [0, 0.1) is 16.7 Å². The van der Waals surface area contributed by atoms with Gasteiger partial charge in [0.15, 0.2) is 0 Å². The summed E-state index contributed by atoms with van der Waals surface area (Å²) >= 11 is 0. The minimum absolute atomic E-state index is 0.0121. The summed E-state index contributed by atoms with van der Waals surface area (Å²) in [5.41, 5.74) is 1.56. The molecule has 1 atom stereocenters. The summed E-state index contributed by atoms with van der Waals surface area (Å²) in [5.74, 6) is 0.951. The molecule has 0 aromatic heterocycles. The molecule has 1 aromatic rings. The van der Waals surface area contributed by atoms with Crippen molar-refractivity contribution in [2.75, 3.05) is 6.61 Å². The highest BCUT2D eigenvalue weighted by Gasteiger charge is 2.34. The van der Waals surface area contributed by atoms with Crippen LogP contribution in [0.4, 0.5) is 0 Å². The monoisotopic (exact) mass is 383 g/mol. The molecular formula is C26H41NO. The van der Waals surface area contributed by atoms with Crippen molar-refractivity contribution in [1.82, 2.24) is 0 Å². The Bertz CT molecular complexity index is 565. The fourth-order valence-electron chi connectivity index (χ4n) is 4.77. The minimum Gasteiger partial charge on any atom is -0.494 e. The van der Waals surface area contributed by atoms with Crippen LogP contribution < -0.4 is 4.74 Å². The molecule has 1 fully saturated rings. The molecule has 0 bridgehead atoms. The molecule has 2 rings (SSSR count). The Morgan fingerprint density at radius 3 is 2.25 bits per heavy atom. The van der Waals surface area contributed by atoms with E-state index >= 15 is 0 Å². The number of nitriles is 1. The van der Waals surface area contributed by atoms with Crippen LogP contribution in [0.5, 0.6) is 5.75 Å². The Hall–Kier alpha value is -1.49. The number of nitrogens with zero attached hydrogens (tertiary/aromatic N) is 1. The van der Waals surface area contributed by atoms with Crippen LogP contribution in [0.2, 0.25) is 0 Å². The van der Waals surface area contributed by atoms with Gasteiger partial charge in [-0.05, 0) is 55.2 Å². The molecule has 156 valence electrons. The van der Waals surface area contributed by atoms with E-state index in [2.05, 4.69) is 44.2 Å². The number of ether oxygens (including phenoxy) is 1. The Balaban J connectivity index is 1.89. The summed E-state index contributed by atoms with van der Waals surface area (Å²) in [6.45, 7) is 5.32. The van der Waals surface area contributed by atoms with Gasteiger partial charge in [-0.25, -0.2) is 0 Å². The number of hydrogen-bond donors (Lipinski definition) is 0. The van der Waals surface area contributed by atoms with E-state index in [1.54, 1.807) is 0 Å². The molecule has 1 aliphatic carbocycles. The van der Waals surface area contributed by atoms with E-state index in [1.165, 1.54) is 82.6 Å². The SMILES string of the molecule is CCCCCCCOc1ccc(C(C#N)CC2(CCCC)CCCCC2)cc1. The highest BCUT2D eigenvalue weighted by molar-refractivity contribution is 5.32. The largest absolute Gasteiger partial charge is 0.494 e. The van der Waals surface area contributed by atoms with Gasteiger partial charge in [0.2, 0.25) is 0 Å². The highest BCUT2D eigenvalue weighted by atomic mass is 16.5. The van der Waals surface area contributed by atoms with E-state index in [-0.39, 0.29) is 5.92 Å². The third-order valence-electron chi connectivity index (χ3n) is 6.57. The van der Waals surface area contributed by atoms with Crippen LogP contribution in [0.15, 0.2) is 24.3 Å². The second kappa shape index (κ2) is 12.9. The van der Waals surface area contributed by atoms with Crippen molar-refractivity contribution >= 4 is 0 Å². The first-order chi connectivity index (χ1) is 13.7. The lowest BCUT2D eigenvalue weighted by Gasteiger charge is -2.39. The lowest BCUT2D eigenvalue weighted by molar-refractivity contribution is 0.148. The standard InChI is InChI=1S/C26H41NO/c1-3-5-7-8-12-20-28-25-15-13-23(14-16-25)24(22-27)21-26(17-6-4-2)18-10-9-11-19-26/h13-16,24H,3-12,17-21H2,1-2H3. The van der Waals surface area contributed by atoms with E-state index in [0.717, 1.165) is 25.2 Å². The van der Waals surface area contributed by atoms with Crippen LogP contribution in [-0.2, 0) is 0 Å². The van der Waals surface area contributed by atoms with Crippen molar-refractivity contribution in [2.45, 2.75) is 110 Å². The average molecular weight is 384 g/mol. The maximum absolute atomic E-state index is 9.88. The van der Waals surface area contributed by atoms with Crippen LogP contribution in [0.25, 0.3) is 0 Å². The van der Waals surface area contributed by atoms with Crippen molar-refractivity contribution < 1.29 is 4.74 Å². The summed E-state index contributed by atoms with van der Waals surface area (Å²) in [6.07, 6.45) is 17.8. The van der Waals surface area contributed by atoms with Gasteiger partial charge in [0.1, 0.15) is 5.75 Å². The maximum atomic E-state index is 9.88. The summed E-state index contributed by atoms with van der Waals surface area (Å²) in [6, 6.07) is 11.0. The molecule has 0 aliphatic heterocycles. The van der Waals surface area contributed by atoms with Gasteiger partial charge < -0.3 is 4.74 Å². The second-order valence-electron chi connectivity index (χ2n) is 8.88. The van der Waals surface area contributed by atoms with Crippen molar-refractivity contribution in [3.05, 3.63) is 29.8 Å². The quantitative estimate of drug-likeness (QED) is 0.322. The molecule has 2 nitrogen and oxygen atoms in total. The third-order valence-corrected chi connectivity index (χ3v) is 6.57. The molecule has 0 amide bonds. The highest BCUT2D eigenvalue weighted by Crippen LogP contribution is 2.47. The average Bonchev–Trinajstić information content (AvgIpc) is 2.74. The van der Waals surface area contributed by atoms with Gasteiger partial charge in [-0.3, -0.25) is 0 Å². The van der Waals surface area contributed by atoms with Crippen LogP contribution in [-0.4, -0.2) is 6.61 Å². The molecule has 28 heavy (non-hydrogen) atoms. The molecule has 1 aromatic carbocycles. The smallest absolute Gasteiger partial charge is 0.119 e. The van der Waals surface area contributed by atoms with Gasteiger partial charge in [-0.15, -0.1) is 0 Å². The Labute approximate surface area is 173 Å². The van der Waals surface area contributed by atoms with Gasteiger partial charge in [0.25, 0.3) is 0 Å². The van der Waals surface area contributed by atoms with Gasteiger partial charge in [-0.2, -0.15) is 5.26 Å². The zero-order valence-corrected chi connectivity index (χ0v) is 18.3. The number of rotatable bonds is 13. The number of hydrogen-bond acceptors (Lipinski definition) is 2. The molecule has 0 radical (unpaired) electrons. The maximum Gasteiger partial charge on any atom is 0.119 e. The number of benzene rings is 1. The van der Waals surface area contributed by atoms with Crippen LogP contribution in [0.3, 0.4) is 0 Å². The first-order valence-electron chi connectivity index (χ1n) is 11.9. The Kier molecular flexibility index (Phi) is 10.5. The van der Waals surface area contributed by atoms with Gasteiger partial charge in [0.05, 0.1) is 18.6 Å². The molecule has 0 heterocycles. The Morgan fingerprint density at radius 2 is 1.61 bits per heavy atom. The summed E-state index contributed by atoms with van der Waals surface area (Å²) in [5, 5.41) is 9.88. The van der Waals surface area contributed by atoms with Crippen LogP contribution >= 0.6 is 0 Å². The fraction of sp³-hybridized carbons (Fsp3) is 0.731. The molecule has 2 heteroatoms. The molecule has 1 aliphatic rings. The lowest BCUT2D eigenvalue weighted by atomic mass is 9.66. The fourth-order valence-corrected chi connectivity index (χ4v) is 4.77. The van der Waals surface area contributed by atoms with E-state index in [4.69, 9.17) is 4.74 Å². The summed E-state index contributed by atoms with van der Waals surface area (Å²) in [4.78, 5) is 0. The first-order valence-corrected chi connectivity index (χ1v) is 11.9.